The molecule has 0 aliphatic carbocycles. The number of hydrogen-bond donors (Lipinski definition) is 0. The molecular formula is C24H28FN3O4S2. The van der Waals surface area contributed by atoms with Crippen molar-refractivity contribution in [2.75, 3.05) is 50.0 Å². The van der Waals surface area contributed by atoms with Gasteiger partial charge in [0.05, 0.1) is 34.1 Å². The molecule has 4 rings (SSSR count). The summed E-state index contributed by atoms with van der Waals surface area (Å²) in [5, 5.41) is 0.459. The first kappa shape index (κ1) is 24.7. The van der Waals surface area contributed by atoms with Crippen molar-refractivity contribution in [2.24, 2.45) is 0 Å². The minimum Gasteiger partial charge on any atom is -0.379 e. The number of fused-ring (bicyclic) bond motifs is 1. The zero-order valence-electron chi connectivity index (χ0n) is 19.1. The maximum Gasteiger partial charge on any atom is 0.229 e. The average molecular weight is 506 g/mol. The van der Waals surface area contributed by atoms with Crippen molar-refractivity contribution < 1.29 is 22.3 Å². The highest BCUT2D eigenvalue weighted by molar-refractivity contribution is 7.91. The lowest BCUT2D eigenvalue weighted by atomic mass is 10.2. The average Bonchev–Trinajstić information content (AvgIpc) is 3.24. The first-order chi connectivity index (χ1) is 16.3. The van der Waals surface area contributed by atoms with Crippen molar-refractivity contribution in [3.63, 3.8) is 0 Å². The fourth-order valence-electron chi connectivity index (χ4n) is 3.83. The number of amides is 1. The fraction of sp³-hybridized carbons (Fsp3) is 0.417. The van der Waals surface area contributed by atoms with Gasteiger partial charge in [-0.2, -0.15) is 0 Å². The molecule has 1 fully saturated rings. The molecular weight excluding hydrogens is 477 g/mol. The molecule has 2 heterocycles. The maximum absolute atomic E-state index is 13.7. The molecule has 34 heavy (non-hydrogen) atoms. The molecule has 0 bridgehead atoms. The van der Waals surface area contributed by atoms with Crippen LogP contribution in [0.25, 0.3) is 10.2 Å². The number of rotatable bonds is 9. The van der Waals surface area contributed by atoms with Crippen molar-refractivity contribution in [1.29, 1.82) is 0 Å². The Kier molecular flexibility index (Phi) is 7.92. The van der Waals surface area contributed by atoms with Gasteiger partial charge in [-0.25, -0.2) is 17.8 Å². The van der Waals surface area contributed by atoms with Crippen molar-refractivity contribution >= 4 is 42.4 Å². The maximum atomic E-state index is 13.7. The van der Waals surface area contributed by atoms with Gasteiger partial charge in [0.2, 0.25) is 5.91 Å². The summed E-state index contributed by atoms with van der Waals surface area (Å²) in [6, 6.07) is 10.9. The molecule has 0 atom stereocenters. The summed E-state index contributed by atoms with van der Waals surface area (Å²) in [6.45, 7) is 6.19. The van der Waals surface area contributed by atoms with Gasteiger partial charge in [-0.3, -0.25) is 14.6 Å². The molecule has 0 radical (unpaired) electrons. The van der Waals surface area contributed by atoms with E-state index in [1.54, 1.807) is 35.2 Å². The van der Waals surface area contributed by atoms with Crippen molar-refractivity contribution in [2.45, 2.75) is 24.7 Å². The minimum absolute atomic E-state index is 0.155. The van der Waals surface area contributed by atoms with Crippen LogP contribution >= 0.6 is 11.3 Å². The molecule has 1 aliphatic rings. The third-order valence-electron chi connectivity index (χ3n) is 5.80. The second kappa shape index (κ2) is 10.9. The monoisotopic (exact) mass is 505 g/mol. The summed E-state index contributed by atoms with van der Waals surface area (Å²) in [7, 11) is -3.59. The van der Waals surface area contributed by atoms with Crippen LogP contribution in [0.3, 0.4) is 0 Å². The van der Waals surface area contributed by atoms with E-state index in [9.17, 15) is 17.6 Å². The summed E-state index contributed by atoms with van der Waals surface area (Å²) >= 11 is 1.24. The van der Waals surface area contributed by atoms with E-state index in [0.29, 0.717) is 41.5 Å². The fourth-order valence-corrected chi connectivity index (χ4v) is 6.09. The van der Waals surface area contributed by atoms with Gasteiger partial charge in [-0.15, -0.1) is 0 Å². The van der Waals surface area contributed by atoms with Crippen LogP contribution in [0.2, 0.25) is 0 Å². The number of nitrogens with zero attached hydrogens (tertiary/aromatic N) is 3. The number of thiazole rings is 1. The van der Waals surface area contributed by atoms with Crippen molar-refractivity contribution in [3.05, 3.63) is 53.8 Å². The van der Waals surface area contributed by atoms with Crippen LogP contribution in [0.4, 0.5) is 9.52 Å². The highest BCUT2D eigenvalue weighted by atomic mass is 32.2. The van der Waals surface area contributed by atoms with Gasteiger partial charge in [-0.05, 0) is 43.7 Å². The molecule has 0 saturated carbocycles. The molecule has 3 aromatic rings. The molecule has 0 unspecified atom stereocenters. The Morgan fingerprint density at radius 2 is 1.91 bits per heavy atom. The van der Waals surface area contributed by atoms with Gasteiger partial charge >= 0.3 is 0 Å². The largest absolute Gasteiger partial charge is 0.379 e. The lowest BCUT2D eigenvalue weighted by molar-refractivity contribution is -0.118. The van der Waals surface area contributed by atoms with Gasteiger partial charge in [0, 0.05) is 32.6 Å². The topological polar surface area (TPSA) is 79.8 Å². The Morgan fingerprint density at radius 3 is 2.65 bits per heavy atom. The van der Waals surface area contributed by atoms with Crippen LogP contribution in [-0.4, -0.2) is 69.4 Å². The van der Waals surface area contributed by atoms with Gasteiger partial charge in [0.15, 0.2) is 15.0 Å². The predicted octanol–water partition coefficient (Wildman–Crippen LogP) is 3.66. The number of hydrogen-bond acceptors (Lipinski definition) is 7. The number of aryl methyl sites for hydroxylation is 1. The molecule has 1 saturated heterocycles. The number of benzene rings is 2. The van der Waals surface area contributed by atoms with E-state index in [1.807, 2.05) is 6.92 Å². The van der Waals surface area contributed by atoms with Crippen LogP contribution < -0.4 is 4.90 Å². The summed E-state index contributed by atoms with van der Waals surface area (Å²) in [6.07, 6.45) is 0.554. The molecule has 0 spiro atoms. The Labute approximate surface area is 203 Å². The van der Waals surface area contributed by atoms with Crippen LogP contribution in [0, 0.1) is 12.7 Å². The van der Waals surface area contributed by atoms with Gasteiger partial charge in [0.25, 0.3) is 0 Å². The van der Waals surface area contributed by atoms with Crippen LogP contribution in [0.15, 0.2) is 47.4 Å². The van der Waals surface area contributed by atoms with Gasteiger partial charge < -0.3 is 4.74 Å². The summed E-state index contributed by atoms with van der Waals surface area (Å²) in [4.78, 5) is 21.8. The number of halogens is 1. The molecule has 10 heteroatoms. The van der Waals surface area contributed by atoms with E-state index in [4.69, 9.17) is 4.74 Å². The van der Waals surface area contributed by atoms with Crippen molar-refractivity contribution in [3.8, 4) is 0 Å². The van der Waals surface area contributed by atoms with E-state index < -0.39 is 9.84 Å². The molecule has 1 aromatic heterocycles. The first-order valence-electron chi connectivity index (χ1n) is 11.3. The number of carbonyl (C=O) groups is 1. The van der Waals surface area contributed by atoms with E-state index in [-0.39, 0.29) is 28.8 Å². The summed E-state index contributed by atoms with van der Waals surface area (Å²) in [5.41, 5.74) is 1.58. The number of carbonyl (C=O) groups excluding carboxylic acids is 1. The standard InChI is InChI=1S/C24H28FN3O4S2/c1-18-3-6-20(7-4-18)34(30,31)16-9-23(29)28(11-2-10-27-12-14-32-15-13-27)24-26-21-8-5-19(25)17-22(21)33-24/h3-8,17H,2,9-16H2,1H3. The Balaban J connectivity index is 1.48. The van der Waals surface area contributed by atoms with E-state index >= 15 is 0 Å². The normalized spacial score (nSPS) is 15.0. The van der Waals surface area contributed by atoms with Gasteiger partial charge in [0.1, 0.15) is 5.82 Å². The third kappa shape index (κ3) is 6.18. The number of sulfone groups is 1. The lowest BCUT2D eigenvalue weighted by Crippen LogP contribution is -2.39. The van der Waals surface area contributed by atoms with E-state index in [2.05, 4.69) is 9.88 Å². The molecule has 1 aliphatic heterocycles. The summed E-state index contributed by atoms with van der Waals surface area (Å²) < 4.78 is 45.2. The predicted molar refractivity (Wildman–Crippen MR) is 132 cm³/mol. The lowest BCUT2D eigenvalue weighted by Gasteiger charge is -2.27. The zero-order valence-corrected chi connectivity index (χ0v) is 20.7. The van der Waals surface area contributed by atoms with Gasteiger partial charge in [-0.1, -0.05) is 29.0 Å². The van der Waals surface area contributed by atoms with Crippen LogP contribution in [0.5, 0.6) is 0 Å². The Bertz CT molecular complexity index is 1240. The second-order valence-corrected chi connectivity index (χ2v) is 11.5. The number of morpholine rings is 1. The molecule has 2 aromatic carbocycles. The zero-order chi connectivity index (χ0) is 24.1. The highest BCUT2D eigenvalue weighted by Crippen LogP contribution is 2.30. The third-order valence-corrected chi connectivity index (χ3v) is 8.57. The smallest absolute Gasteiger partial charge is 0.229 e. The minimum atomic E-state index is -3.59. The van der Waals surface area contributed by atoms with Crippen LogP contribution in [-0.2, 0) is 19.4 Å². The quantitative estimate of drug-likeness (QED) is 0.442. The second-order valence-electron chi connectivity index (χ2n) is 8.34. The Morgan fingerprint density at radius 1 is 1.18 bits per heavy atom. The number of aromatic nitrogens is 1. The first-order valence-corrected chi connectivity index (χ1v) is 13.7. The Hall–Kier alpha value is -2.40. The number of ether oxygens (including phenoxy) is 1. The molecule has 7 nitrogen and oxygen atoms in total. The molecule has 1 amide bonds. The number of anilines is 1. The highest BCUT2D eigenvalue weighted by Gasteiger charge is 2.23. The van der Waals surface area contributed by atoms with Crippen molar-refractivity contribution in [1.82, 2.24) is 9.88 Å². The SMILES string of the molecule is Cc1ccc(S(=O)(=O)CCC(=O)N(CCCN2CCOCC2)c2nc3ccc(F)cc3s2)cc1. The molecule has 182 valence electrons. The van der Waals surface area contributed by atoms with E-state index in [1.165, 1.54) is 23.5 Å². The summed E-state index contributed by atoms with van der Waals surface area (Å²) in [5.74, 6) is -0.955. The van der Waals surface area contributed by atoms with Crippen LogP contribution in [0.1, 0.15) is 18.4 Å². The molecule has 0 N–H and O–H groups in total. The van der Waals surface area contributed by atoms with E-state index in [0.717, 1.165) is 25.2 Å².